The largest absolute Gasteiger partial charge is 0.490 e. The molecule has 24 heavy (non-hydrogen) atoms. The minimum absolute atomic E-state index is 0.0481. The molecule has 5 nitrogen and oxygen atoms in total. The Labute approximate surface area is 145 Å². The Morgan fingerprint density at radius 2 is 1.79 bits per heavy atom. The summed E-state index contributed by atoms with van der Waals surface area (Å²) in [6.07, 6.45) is 0. The lowest BCUT2D eigenvalue weighted by Crippen LogP contribution is -2.11. The van der Waals surface area contributed by atoms with Crippen molar-refractivity contribution in [3.8, 4) is 17.2 Å². The van der Waals surface area contributed by atoms with Crippen molar-refractivity contribution < 1.29 is 24.1 Å². The average Bonchev–Trinajstić information content (AvgIpc) is 2.54. The second-order valence-electron chi connectivity index (χ2n) is 4.99. The van der Waals surface area contributed by atoms with Crippen molar-refractivity contribution >= 4 is 17.6 Å². The summed E-state index contributed by atoms with van der Waals surface area (Å²) in [5.41, 5.74) is 1.09. The van der Waals surface area contributed by atoms with Gasteiger partial charge in [0.2, 0.25) is 0 Å². The summed E-state index contributed by atoms with van der Waals surface area (Å²) in [5, 5.41) is 9.27. The molecule has 0 aliphatic heterocycles. The van der Waals surface area contributed by atoms with Gasteiger partial charge < -0.3 is 19.3 Å². The van der Waals surface area contributed by atoms with Gasteiger partial charge in [-0.05, 0) is 37.6 Å². The maximum absolute atomic E-state index is 11.1. The Morgan fingerprint density at radius 3 is 2.46 bits per heavy atom. The van der Waals surface area contributed by atoms with Crippen molar-refractivity contribution in [2.45, 2.75) is 13.8 Å². The maximum atomic E-state index is 11.1. The van der Waals surface area contributed by atoms with E-state index in [4.69, 9.17) is 30.9 Å². The smallest absolute Gasteiger partial charge is 0.335 e. The van der Waals surface area contributed by atoms with Crippen LogP contribution in [0.15, 0.2) is 36.4 Å². The van der Waals surface area contributed by atoms with E-state index in [0.717, 1.165) is 11.3 Å². The molecule has 2 aromatic carbocycles. The molecular weight excluding hydrogens is 332 g/mol. The molecule has 0 spiro atoms. The minimum atomic E-state index is -1.08. The Balaban J connectivity index is 2.03. The van der Waals surface area contributed by atoms with Crippen molar-refractivity contribution in [3.05, 3.63) is 52.5 Å². The summed E-state index contributed by atoms with van der Waals surface area (Å²) in [6.45, 7) is 4.71. The van der Waals surface area contributed by atoms with Gasteiger partial charge in [-0.15, -0.1) is 0 Å². The zero-order chi connectivity index (χ0) is 17.5. The highest BCUT2D eigenvalue weighted by atomic mass is 35.5. The third-order valence-corrected chi connectivity index (χ3v) is 3.52. The second kappa shape index (κ2) is 8.45. The van der Waals surface area contributed by atoms with Crippen molar-refractivity contribution in [2.75, 3.05) is 19.8 Å². The van der Waals surface area contributed by atoms with Crippen LogP contribution in [0.5, 0.6) is 17.2 Å². The molecule has 0 heterocycles. The first kappa shape index (κ1) is 17.9. The normalized spacial score (nSPS) is 10.3. The number of benzene rings is 2. The van der Waals surface area contributed by atoms with Gasteiger partial charge in [-0.3, -0.25) is 0 Å². The third-order valence-electron chi connectivity index (χ3n) is 3.24. The molecule has 0 radical (unpaired) electrons. The fourth-order valence-corrected chi connectivity index (χ4v) is 2.37. The van der Waals surface area contributed by atoms with E-state index in [9.17, 15) is 4.79 Å². The van der Waals surface area contributed by atoms with Gasteiger partial charge in [-0.2, -0.15) is 0 Å². The zero-order valence-corrected chi connectivity index (χ0v) is 14.3. The predicted octanol–water partition coefficient (Wildman–Crippen LogP) is 4.20. The van der Waals surface area contributed by atoms with E-state index in [1.807, 2.05) is 31.2 Å². The van der Waals surface area contributed by atoms with Gasteiger partial charge in [0.05, 0.1) is 17.2 Å². The lowest BCUT2D eigenvalue weighted by molar-refractivity contribution is 0.0696. The number of aryl methyl sites for hydroxylation is 1. The van der Waals surface area contributed by atoms with Crippen LogP contribution < -0.4 is 14.2 Å². The molecule has 1 N–H and O–H groups in total. The maximum Gasteiger partial charge on any atom is 0.335 e. The van der Waals surface area contributed by atoms with Crippen LogP contribution in [-0.2, 0) is 0 Å². The van der Waals surface area contributed by atoms with Crippen molar-refractivity contribution in [1.29, 1.82) is 0 Å². The van der Waals surface area contributed by atoms with Gasteiger partial charge in [-0.1, -0.05) is 29.8 Å². The molecule has 0 fully saturated rings. The van der Waals surface area contributed by atoms with Crippen molar-refractivity contribution in [2.24, 2.45) is 0 Å². The highest BCUT2D eigenvalue weighted by Crippen LogP contribution is 2.36. The number of hydrogen-bond acceptors (Lipinski definition) is 4. The Morgan fingerprint density at radius 1 is 1.08 bits per heavy atom. The lowest BCUT2D eigenvalue weighted by Gasteiger charge is -2.15. The molecule has 0 atom stereocenters. The van der Waals surface area contributed by atoms with Gasteiger partial charge in [0.15, 0.2) is 11.5 Å². The number of rotatable bonds is 8. The third kappa shape index (κ3) is 4.55. The fraction of sp³-hybridized carbons (Fsp3) is 0.278. The van der Waals surface area contributed by atoms with E-state index in [1.54, 1.807) is 6.92 Å². The number of para-hydroxylation sites is 1. The molecule has 0 saturated carbocycles. The van der Waals surface area contributed by atoms with Crippen LogP contribution in [0.4, 0.5) is 0 Å². The van der Waals surface area contributed by atoms with Crippen LogP contribution in [0.1, 0.15) is 22.8 Å². The molecule has 0 unspecified atom stereocenters. The zero-order valence-electron chi connectivity index (χ0n) is 13.5. The van der Waals surface area contributed by atoms with Gasteiger partial charge in [0, 0.05) is 0 Å². The summed E-state index contributed by atoms with van der Waals surface area (Å²) in [7, 11) is 0. The molecule has 6 heteroatoms. The lowest BCUT2D eigenvalue weighted by atomic mass is 10.2. The molecule has 0 amide bonds. The number of halogens is 1. The van der Waals surface area contributed by atoms with Crippen LogP contribution in [-0.4, -0.2) is 30.9 Å². The number of aromatic carboxylic acids is 1. The predicted molar refractivity (Wildman–Crippen MR) is 91.7 cm³/mol. The quantitative estimate of drug-likeness (QED) is 0.723. The SMILES string of the molecule is CCOc1cc(C(=O)O)cc(Cl)c1OCCOc1ccccc1C. The molecule has 2 rings (SSSR count). The first-order valence-corrected chi connectivity index (χ1v) is 7.91. The molecule has 2 aromatic rings. The van der Waals surface area contributed by atoms with Crippen LogP contribution in [0, 0.1) is 6.92 Å². The highest BCUT2D eigenvalue weighted by molar-refractivity contribution is 6.32. The Hall–Kier alpha value is -2.40. The monoisotopic (exact) mass is 350 g/mol. The van der Waals surface area contributed by atoms with E-state index in [1.165, 1.54) is 12.1 Å². The number of carboxylic acid groups (broad SMARTS) is 1. The highest BCUT2D eigenvalue weighted by Gasteiger charge is 2.15. The fourth-order valence-electron chi connectivity index (χ4n) is 2.11. The summed E-state index contributed by atoms with van der Waals surface area (Å²) in [5.74, 6) is 0.334. The number of ether oxygens (including phenoxy) is 3. The Bertz CT molecular complexity index is 715. The number of carboxylic acids is 1. The van der Waals surface area contributed by atoms with Gasteiger partial charge in [-0.25, -0.2) is 4.79 Å². The Kier molecular flexibility index (Phi) is 6.32. The van der Waals surface area contributed by atoms with Crippen LogP contribution in [0.3, 0.4) is 0 Å². The molecule has 0 saturated heterocycles. The van der Waals surface area contributed by atoms with Gasteiger partial charge in [0.1, 0.15) is 19.0 Å². The molecule has 128 valence electrons. The minimum Gasteiger partial charge on any atom is -0.490 e. The summed E-state index contributed by atoms with van der Waals surface area (Å²) in [6, 6.07) is 10.4. The molecule has 0 aliphatic rings. The summed E-state index contributed by atoms with van der Waals surface area (Å²) in [4.78, 5) is 11.1. The number of hydrogen-bond donors (Lipinski definition) is 1. The standard InChI is InChI=1S/C18H19ClO5/c1-3-22-16-11-13(18(20)21)10-14(19)17(16)24-9-8-23-15-7-5-4-6-12(15)2/h4-7,10-11H,3,8-9H2,1-2H3,(H,20,21). The van der Waals surface area contributed by atoms with Gasteiger partial charge >= 0.3 is 5.97 Å². The molecule has 0 aromatic heterocycles. The molecule has 0 aliphatic carbocycles. The first-order chi connectivity index (χ1) is 11.5. The molecular formula is C18H19ClO5. The van der Waals surface area contributed by atoms with E-state index >= 15 is 0 Å². The van der Waals surface area contributed by atoms with Crippen LogP contribution >= 0.6 is 11.6 Å². The summed E-state index contributed by atoms with van der Waals surface area (Å²) >= 11 is 6.13. The van der Waals surface area contributed by atoms with E-state index in [2.05, 4.69) is 0 Å². The average molecular weight is 351 g/mol. The topological polar surface area (TPSA) is 65.0 Å². The molecule has 0 bridgehead atoms. The second-order valence-corrected chi connectivity index (χ2v) is 5.39. The van der Waals surface area contributed by atoms with E-state index in [0.29, 0.717) is 24.7 Å². The van der Waals surface area contributed by atoms with Crippen molar-refractivity contribution in [3.63, 3.8) is 0 Å². The number of carbonyl (C=O) groups is 1. The van der Waals surface area contributed by atoms with Crippen molar-refractivity contribution in [1.82, 2.24) is 0 Å². The first-order valence-electron chi connectivity index (χ1n) is 7.53. The summed E-state index contributed by atoms with van der Waals surface area (Å²) < 4.78 is 16.7. The van der Waals surface area contributed by atoms with Crippen LogP contribution in [0.25, 0.3) is 0 Å². The van der Waals surface area contributed by atoms with E-state index in [-0.39, 0.29) is 17.2 Å². The van der Waals surface area contributed by atoms with Gasteiger partial charge in [0.25, 0.3) is 0 Å². The van der Waals surface area contributed by atoms with Crippen LogP contribution in [0.2, 0.25) is 5.02 Å². The van der Waals surface area contributed by atoms with E-state index < -0.39 is 5.97 Å².